The van der Waals surface area contributed by atoms with Gasteiger partial charge < -0.3 is 14.5 Å². The first-order valence-electron chi connectivity index (χ1n) is 4.66. The molecule has 2 aromatic rings. The fourth-order valence-corrected chi connectivity index (χ4v) is 1.43. The van der Waals surface area contributed by atoms with E-state index in [1.54, 1.807) is 0 Å². The molecule has 0 fully saturated rings. The Balaban J connectivity index is 2.11. The number of benzene rings is 1. The van der Waals surface area contributed by atoms with E-state index < -0.39 is 0 Å². The Morgan fingerprint density at radius 1 is 1.33 bits per heavy atom. The second-order valence-electron chi connectivity index (χ2n) is 3.36. The highest BCUT2D eigenvalue weighted by molar-refractivity contribution is 5.50. The third kappa shape index (κ3) is 2.10. The van der Waals surface area contributed by atoms with Crippen molar-refractivity contribution in [2.45, 2.75) is 6.54 Å². The summed E-state index contributed by atoms with van der Waals surface area (Å²) in [6.45, 7) is 0.704. The smallest absolute Gasteiger partial charge is 0.332 e. The number of rotatable bonds is 3. The molecule has 1 N–H and O–H groups in total. The maximum Gasteiger partial charge on any atom is 0.332 e. The molecule has 0 radical (unpaired) electrons. The Morgan fingerprint density at radius 3 is 2.67 bits per heavy atom. The molecule has 78 valence electrons. The van der Waals surface area contributed by atoms with Crippen LogP contribution in [0, 0.1) is 0 Å². The summed E-state index contributed by atoms with van der Waals surface area (Å²) in [5, 5.41) is 12.8. The van der Waals surface area contributed by atoms with Crippen molar-refractivity contribution < 1.29 is 9.63 Å². The Morgan fingerprint density at radius 2 is 2.07 bits per heavy atom. The lowest BCUT2D eigenvalue weighted by Gasteiger charge is -2.16. The Kier molecular flexibility index (Phi) is 2.58. The first kappa shape index (κ1) is 9.58. The standard InChI is InChI=1S/C11H12N2O2/c1-13(10-7-12-15-11(10)14)8-9-5-3-2-4-6-9/h2-7,14H,8H2,1H3. The van der Waals surface area contributed by atoms with Crippen LogP contribution in [0.3, 0.4) is 0 Å². The van der Waals surface area contributed by atoms with Crippen LogP contribution in [0.2, 0.25) is 0 Å². The molecule has 0 atom stereocenters. The highest BCUT2D eigenvalue weighted by Crippen LogP contribution is 2.26. The van der Waals surface area contributed by atoms with Gasteiger partial charge in [-0.25, -0.2) is 0 Å². The van der Waals surface area contributed by atoms with E-state index in [1.807, 2.05) is 42.3 Å². The normalized spacial score (nSPS) is 10.2. The molecule has 2 rings (SSSR count). The quantitative estimate of drug-likeness (QED) is 0.830. The first-order valence-corrected chi connectivity index (χ1v) is 4.66. The largest absolute Gasteiger partial charge is 0.478 e. The molecule has 0 saturated heterocycles. The van der Waals surface area contributed by atoms with Gasteiger partial charge in [0.05, 0.1) is 6.20 Å². The molecule has 0 amide bonds. The lowest BCUT2D eigenvalue weighted by atomic mass is 10.2. The zero-order valence-electron chi connectivity index (χ0n) is 8.42. The highest BCUT2D eigenvalue weighted by Gasteiger charge is 2.10. The van der Waals surface area contributed by atoms with Gasteiger partial charge in [-0.15, -0.1) is 0 Å². The van der Waals surface area contributed by atoms with E-state index >= 15 is 0 Å². The van der Waals surface area contributed by atoms with Crippen LogP contribution >= 0.6 is 0 Å². The molecule has 0 aliphatic carbocycles. The molecule has 0 spiro atoms. The van der Waals surface area contributed by atoms with Gasteiger partial charge in [-0.05, 0) is 5.56 Å². The van der Waals surface area contributed by atoms with E-state index in [9.17, 15) is 5.11 Å². The fraction of sp³-hybridized carbons (Fsp3) is 0.182. The number of aromatic nitrogens is 1. The monoisotopic (exact) mass is 204 g/mol. The van der Waals surface area contributed by atoms with Crippen molar-refractivity contribution in [2.75, 3.05) is 11.9 Å². The lowest BCUT2D eigenvalue weighted by Crippen LogP contribution is -2.15. The minimum atomic E-state index is -0.145. The molecule has 1 aromatic heterocycles. The summed E-state index contributed by atoms with van der Waals surface area (Å²) in [6, 6.07) is 10.00. The van der Waals surface area contributed by atoms with Crippen LogP contribution in [0.5, 0.6) is 5.95 Å². The zero-order chi connectivity index (χ0) is 10.7. The summed E-state index contributed by atoms with van der Waals surface area (Å²) in [6.07, 6.45) is 1.50. The molecule has 4 nitrogen and oxygen atoms in total. The number of hydrogen-bond acceptors (Lipinski definition) is 4. The van der Waals surface area contributed by atoms with Crippen LogP contribution in [0.25, 0.3) is 0 Å². The molecular formula is C11H12N2O2. The molecule has 0 saturated carbocycles. The minimum Gasteiger partial charge on any atom is -0.478 e. The topological polar surface area (TPSA) is 49.5 Å². The summed E-state index contributed by atoms with van der Waals surface area (Å²) in [4.78, 5) is 1.88. The molecule has 4 heteroatoms. The third-order valence-corrected chi connectivity index (χ3v) is 2.21. The van der Waals surface area contributed by atoms with Gasteiger partial charge in [0.1, 0.15) is 5.69 Å². The van der Waals surface area contributed by atoms with Crippen molar-refractivity contribution in [3.63, 3.8) is 0 Å². The first-order chi connectivity index (χ1) is 7.27. The Hall–Kier alpha value is -1.97. The molecule has 1 heterocycles. The average Bonchev–Trinajstić information content (AvgIpc) is 2.66. The van der Waals surface area contributed by atoms with Gasteiger partial charge in [0.25, 0.3) is 0 Å². The minimum absolute atomic E-state index is 0.145. The summed E-state index contributed by atoms with van der Waals surface area (Å²) >= 11 is 0. The number of aromatic hydroxyl groups is 1. The number of hydrogen-bond donors (Lipinski definition) is 1. The van der Waals surface area contributed by atoms with Gasteiger partial charge >= 0.3 is 5.95 Å². The zero-order valence-corrected chi connectivity index (χ0v) is 8.42. The van der Waals surface area contributed by atoms with Crippen LogP contribution in [0.1, 0.15) is 5.56 Å². The maximum atomic E-state index is 9.33. The van der Waals surface area contributed by atoms with Gasteiger partial charge in [-0.3, -0.25) is 0 Å². The van der Waals surface area contributed by atoms with Crippen molar-refractivity contribution in [1.29, 1.82) is 0 Å². The highest BCUT2D eigenvalue weighted by atomic mass is 16.5. The molecule has 15 heavy (non-hydrogen) atoms. The lowest BCUT2D eigenvalue weighted by molar-refractivity contribution is 0.278. The molecule has 0 aliphatic rings. The molecule has 1 aromatic carbocycles. The van der Waals surface area contributed by atoms with Crippen LogP contribution in [-0.4, -0.2) is 17.3 Å². The van der Waals surface area contributed by atoms with Crippen LogP contribution in [0.15, 0.2) is 41.1 Å². The average molecular weight is 204 g/mol. The number of nitrogens with zero attached hydrogens (tertiary/aromatic N) is 2. The summed E-state index contributed by atoms with van der Waals surface area (Å²) < 4.78 is 4.59. The summed E-state index contributed by atoms with van der Waals surface area (Å²) in [5.41, 5.74) is 1.76. The van der Waals surface area contributed by atoms with Gasteiger partial charge in [0, 0.05) is 13.6 Å². The van der Waals surface area contributed by atoms with Crippen molar-refractivity contribution in [3.05, 3.63) is 42.1 Å². The van der Waals surface area contributed by atoms with E-state index in [2.05, 4.69) is 9.68 Å². The predicted octanol–water partition coefficient (Wildman–Crippen LogP) is 2.02. The van der Waals surface area contributed by atoms with E-state index in [4.69, 9.17) is 0 Å². The van der Waals surface area contributed by atoms with Crippen molar-refractivity contribution >= 4 is 5.69 Å². The van der Waals surface area contributed by atoms with E-state index in [0.717, 1.165) is 0 Å². The van der Waals surface area contributed by atoms with Gasteiger partial charge in [0.15, 0.2) is 0 Å². The second kappa shape index (κ2) is 4.04. The van der Waals surface area contributed by atoms with Crippen LogP contribution in [0.4, 0.5) is 5.69 Å². The predicted molar refractivity (Wildman–Crippen MR) is 56.7 cm³/mol. The van der Waals surface area contributed by atoms with Gasteiger partial charge in [-0.2, -0.15) is 0 Å². The molecular weight excluding hydrogens is 192 g/mol. The molecule has 0 aliphatic heterocycles. The van der Waals surface area contributed by atoms with E-state index in [-0.39, 0.29) is 5.95 Å². The van der Waals surface area contributed by atoms with Gasteiger partial charge in [-0.1, -0.05) is 35.5 Å². The SMILES string of the molecule is CN(Cc1ccccc1)c1cnoc1O. The van der Waals surface area contributed by atoms with E-state index in [1.165, 1.54) is 11.8 Å². The van der Waals surface area contributed by atoms with Crippen molar-refractivity contribution in [1.82, 2.24) is 5.16 Å². The summed E-state index contributed by atoms with van der Waals surface area (Å²) in [5.74, 6) is -0.145. The Labute approximate surface area is 87.7 Å². The second-order valence-corrected chi connectivity index (χ2v) is 3.36. The molecule has 0 bridgehead atoms. The fourth-order valence-electron chi connectivity index (χ4n) is 1.43. The Bertz CT molecular complexity index is 425. The maximum absolute atomic E-state index is 9.33. The van der Waals surface area contributed by atoms with Gasteiger partial charge in [0.2, 0.25) is 0 Å². The molecule has 0 unspecified atom stereocenters. The van der Waals surface area contributed by atoms with Crippen LogP contribution in [-0.2, 0) is 6.54 Å². The van der Waals surface area contributed by atoms with Crippen LogP contribution < -0.4 is 4.90 Å². The number of anilines is 1. The third-order valence-electron chi connectivity index (χ3n) is 2.21. The summed E-state index contributed by atoms with van der Waals surface area (Å²) in [7, 11) is 1.87. The van der Waals surface area contributed by atoms with E-state index in [0.29, 0.717) is 12.2 Å². The van der Waals surface area contributed by atoms with Crippen molar-refractivity contribution in [2.24, 2.45) is 0 Å². The van der Waals surface area contributed by atoms with Crippen molar-refractivity contribution in [3.8, 4) is 5.95 Å².